The third-order valence-corrected chi connectivity index (χ3v) is 7.06. The molecule has 0 saturated heterocycles. The van der Waals surface area contributed by atoms with Gasteiger partial charge >= 0.3 is 0 Å². The molecule has 4 aromatic carbocycles. The van der Waals surface area contributed by atoms with Gasteiger partial charge in [0.2, 0.25) is 0 Å². The molecular weight excluding hydrogens is 482 g/mol. The maximum absolute atomic E-state index is 5.96. The lowest BCUT2D eigenvalue weighted by atomic mass is 10.0. The molecule has 0 bridgehead atoms. The highest BCUT2D eigenvalue weighted by molar-refractivity contribution is 6.03. The SMILES string of the molecule is COc1ccc(Cn2c(CCCOCc3ccccc3)nc3cnc4cc(-c5ccccc5)ccc4c32)cc1. The molecule has 194 valence electrons. The van der Waals surface area contributed by atoms with Gasteiger partial charge in [-0.15, -0.1) is 0 Å². The van der Waals surface area contributed by atoms with Gasteiger partial charge in [0.15, 0.2) is 0 Å². The lowest BCUT2D eigenvalue weighted by Gasteiger charge is -2.12. The molecule has 5 heteroatoms. The van der Waals surface area contributed by atoms with E-state index in [0.717, 1.165) is 58.5 Å². The van der Waals surface area contributed by atoms with Crippen LogP contribution in [0.4, 0.5) is 0 Å². The van der Waals surface area contributed by atoms with Crippen LogP contribution in [0.5, 0.6) is 5.75 Å². The Hall–Kier alpha value is -4.48. The molecule has 5 nitrogen and oxygen atoms in total. The van der Waals surface area contributed by atoms with Crippen molar-refractivity contribution in [3.8, 4) is 16.9 Å². The summed E-state index contributed by atoms with van der Waals surface area (Å²) in [5.41, 5.74) is 7.74. The second kappa shape index (κ2) is 11.5. The van der Waals surface area contributed by atoms with Gasteiger partial charge in [-0.3, -0.25) is 4.98 Å². The largest absolute Gasteiger partial charge is 0.497 e. The summed E-state index contributed by atoms with van der Waals surface area (Å²) in [4.78, 5) is 9.86. The molecule has 0 fully saturated rings. The first-order valence-corrected chi connectivity index (χ1v) is 13.4. The van der Waals surface area contributed by atoms with E-state index in [4.69, 9.17) is 19.4 Å². The van der Waals surface area contributed by atoms with Crippen molar-refractivity contribution in [2.45, 2.75) is 26.0 Å². The number of aromatic nitrogens is 3. The van der Waals surface area contributed by atoms with Gasteiger partial charge in [-0.1, -0.05) is 84.9 Å². The fraction of sp³-hybridized carbons (Fsp3) is 0.176. The van der Waals surface area contributed by atoms with E-state index in [0.29, 0.717) is 13.2 Å². The first kappa shape index (κ1) is 24.8. The van der Waals surface area contributed by atoms with Crippen LogP contribution in [0, 0.1) is 0 Å². The molecule has 0 N–H and O–H groups in total. The van der Waals surface area contributed by atoms with E-state index in [1.54, 1.807) is 7.11 Å². The highest BCUT2D eigenvalue weighted by Gasteiger charge is 2.16. The van der Waals surface area contributed by atoms with Gasteiger partial charge in [0.25, 0.3) is 0 Å². The number of nitrogens with zero attached hydrogens (tertiary/aromatic N) is 3. The molecule has 6 aromatic rings. The van der Waals surface area contributed by atoms with Crippen LogP contribution in [0.15, 0.2) is 109 Å². The molecule has 6 rings (SSSR count). The van der Waals surface area contributed by atoms with Crippen LogP contribution < -0.4 is 4.74 Å². The lowest BCUT2D eigenvalue weighted by Crippen LogP contribution is -2.07. The molecular formula is C34H31N3O2. The van der Waals surface area contributed by atoms with Crippen LogP contribution in [-0.4, -0.2) is 28.3 Å². The smallest absolute Gasteiger partial charge is 0.118 e. The quantitative estimate of drug-likeness (QED) is 0.178. The predicted molar refractivity (Wildman–Crippen MR) is 157 cm³/mol. The summed E-state index contributed by atoms with van der Waals surface area (Å²) in [6.07, 6.45) is 3.62. The number of fused-ring (bicyclic) bond motifs is 3. The van der Waals surface area contributed by atoms with Crippen molar-refractivity contribution in [1.82, 2.24) is 14.5 Å². The molecule has 0 saturated carbocycles. The lowest BCUT2D eigenvalue weighted by molar-refractivity contribution is 0.118. The number of rotatable bonds is 10. The monoisotopic (exact) mass is 513 g/mol. The molecule has 0 aliphatic carbocycles. The second-order valence-corrected chi connectivity index (χ2v) is 9.69. The summed E-state index contributed by atoms with van der Waals surface area (Å²) in [6.45, 7) is 2.03. The minimum absolute atomic E-state index is 0.626. The van der Waals surface area contributed by atoms with Crippen LogP contribution in [-0.2, 0) is 24.3 Å². The average molecular weight is 514 g/mol. The van der Waals surface area contributed by atoms with Crippen molar-refractivity contribution in [1.29, 1.82) is 0 Å². The van der Waals surface area contributed by atoms with E-state index in [9.17, 15) is 0 Å². The Bertz CT molecular complexity index is 1680. The summed E-state index contributed by atoms with van der Waals surface area (Å²) >= 11 is 0. The number of aryl methyl sites for hydroxylation is 1. The van der Waals surface area contributed by atoms with Crippen molar-refractivity contribution < 1.29 is 9.47 Å². The molecule has 39 heavy (non-hydrogen) atoms. The third kappa shape index (κ3) is 5.54. The number of hydrogen-bond donors (Lipinski definition) is 0. The zero-order valence-electron chi connectivity index (χ0n) is 22.1. The Kier molecular flexibility index (Phi) is 7.32. The second-order valence-electron chi connectivity index (χ2n) is 9.69. The van der Waals surface area contributed by atoms with Crippen LogP contribution in [0.25, 0.3) is 33.1 Å². The Morgan fingerprint density at radius 1 is 0.744 bits per heavy atom. The Morgan fingerprint density at radius 3 is 2.28 bits per heavy atom. The van der Waals surface area contributed by atoms with Crippen LogP contribution in [0.1, 0.15) is 23.4 Å². The standard InChI is InChI=1S/C34H31N3O2/c1-38-29-17-14-25(15-18-29)23-37-33(13-8-20-39-24-26-9-4-2-5-10-26)36-32-22-35-31-21-28(16-19-30(31)34(32)37)27-11-6-3-7-12-27/h2-7,9-12,14-19,21-22H,8,13,20,23-24H2,1H3. The van der Waals surface area contributed by atoms with E-state index in [-0.39, 0.29) is 0 Å². The topological polar surface area (TPSA) is 49.2 Å². The van der Waals surface area contributed by atoms with Crippen LogP contribution in [0.3, 0.4) is 0 Å². The molecule has 0 aliphatic heterocycles. The first-order valence-electron chi connectivity index (χ1n) is 13.4. The number of benzene rings is 4. The van der Waals surface area contributed by atoms with Crippen molar-refractivity contribution >= 4 is 21.9 Å². The number of ether oxygens (including phenoxy) is 2. The number of hydrogen-bond acceptors (Lipinski definition) is 4. The van der Waals surface area contributed by atoms with Crippen molar-refractivity contribution in [3.05, 3.63) is 126 Å². The highest BCUT2D eigenvalue weighted by Crippen LogP contribution is 2.30. The number of methoxy groups -OCH3 is 1. The third-order valence-electron chi connectivity index (χ3n) is 7.06. The minimum Gasteiger partial charge on any atom is -0.497 e. The molecule has 2 heterocycles. The van der Waals surface area contributed by atoms with Crippen molar-refractivity contribution in [2.75, 3.05) is 13.7 Å². The van der Waals surface area contributed by atoms with Crippen molar-refractivity contribution in [2.24, 2.45) is 0 Å². The zero-order valence-corrected chi connectivity index (χ0v) is 22.1. The van der Waals surface area contributed by atoms with Crippen molar-refractivity contribution in [3.63, 3.8) is 0 Å². The van der Waals surface area contributed by atoms with Crippen LogP contribution >= 0.6 is 0 Å². The molecule has 0 spiro atoms. The first-order chi connectivity index (χ1) is 19.3. The molecule has 0 aliphatic rings. The summed E-state index contributed by atoms with van der Waals surface area (Å²) in [6, 6.07) is 35.5. The molecule has 2 aromatic heterocycles. The van der Waals surface area contributed by atoms with Gasteiger partial charge in [-0.2, -0.15) is 0 Å². The minimum atomic E-state index is 0.626. The zero-order chi connectivity index (χ0) is 26.4. The normalized spacial score (nSPS) is 11.3. The predicted octanol–water partition coefficient (Wildman–Crippen LogP) is 7.46. The Morgan fingerprint density at radius 2 is 1.51 bits per heavy atom. The van der Waals surface area contributed by atoms with Gasteiger partial charge in [-0.25, -0.2) is 4.98 Å². The summed E-state index contributed by atoms with van der Waals surface area (Å²) in [5, 5.41) is 1.11. The van der Waals surface area contributed by atoms with Gasteiger partial charge in [0.05, 0.1) is 30.9 Å². The van der Waals surface area contributed by atoms with E-state index < -0.39 is 0 Å². The molecule has 0 radical (unpaired) electrons. The van der Waals surface area contributed by atoms with E-state index in [2.05, 4.69) is 71.3 Å². The molecule has 0 atom stereocenters. The van der Waals surface area contributed by atoms with Gasteiger partial charge in [-0.05, 0) is 46.9 Å². The molecule has 0 amide bonds. The van der Waals surface area contributed by atoms with E-state index in [1.807, 2.05) is 42.6 Å². The number of pyridine rings is 1. The van der Waals surface area contributed by atoms with Gasteiger partial charge in [0.1, 0.15) is 17.1 Å². The fourth-order valence-corrected chi connectivity index (χ4v) is 5.04. The fourth-order valence-electron chi connectivity index (χ4n) is 5.04. The molecule has 0 unspecified atom stereocenters. The summed E-state index contributed by atoms with van der Waals surface area (Å²) in [7, 11) is 1.69. The Balaban J connectivity index is 1.32. The van der Waals surface area contributed by atoms with Gasteiger partial charge in [0, 0.05) is 25.0 Å². The summed E-state index contributed by atoms with van der Waals surface area (Å²) in [5.74, 6) is 1.90. The van der Waals surface area contributed by atoms with Gasteiger partial charge < -0.3 is 14.0 Å². The highest BCUT2D eigenvalue weighted by atomic mass is 16.5. The average Bonchev–Trinajstić information content (AvgIpc) is 3.35. The number of imidazole rings is 1. The Labute approximate surface area is 228 Å². The maximum Gasteiger partial charge on any atom is 0.118 e. The summed E-state index contributed by atoms with van der Waals surface area (Å²) < 4.78 is 13.7. The maximum atomic E-state index is 5.96. The van der Waals surface area contributed by atoms with E-state index in [1.165, 1.54) is 16.7 Å². The van der Waals surface area contributed by atoms with E-state index >= 15 is 0 Å². The van der Waals surface area contributed by atoms with Crippen LogP contribution in [0.2, 0.25) is 0 Å².